The van der Waals surface area contributed by atoms with E-state index in [1.54, 1.807) is 12.1 Å². The van der Waals surface area contributed by atoms with Crippen LogP contribution in [-0.2, 0) is 6.54 Å². The summed E-state index contributed by atoms with van der Waals surface area (Å²) >= 11 is 12.0. The van der Waals surface area contributed by atoms with Gasteiger partial charge in [-0.3, -0.25) is 9.80 Å². The van der Waals surface area contributed by atoms with Gasteiger partial charge in [-0.1, -0.05) is 23.2 Å². The molecular weight excluding hydrogens is 295 g/mol. The maximum absolute atomic E-state index is 10.0. The first-order valence-corrected chi connectivity index (χ1v) is 7.67. The fourth-order valence-electron chi connectivity index (χ4n) is 2.56. The summed E-state index contributed by atoms with van der Waals surface area (Å²) in [4.78, 5) is 4.80. The Hall–Kier alpha value is -0.480. The highest BCUT2D eigenvalue weighted by atomic mass is 35.5. The van der Waals surface area contributed by atoms with Crippen LogP contribution >= 0.6 is 23.2 Å². The minimum absolute atomic E-state index is 0.148. The standard InChI is InChI=1S/C15H22Cl2N2O/c1-15(2,3)19-6-4-18(5-7-19)10-11-8-12(16)9-13(17)14(11)20/h8-9,20H,4-7,10H2,1-3H3. The summed E-state index contributed by atoms with van der Waals surface area (Å²) < 4.78 is 0. The number of halogens is 2. The average molecular weight is 317 g/mol. The lowest BCUT2D eigenvalue weighted by Crippen LogP contribution is -2.53. The first-order valence-electron chi connectivity index (χ1n) is 6.91. The number of rotatable bonds is 2. The van der Waals surface area contributed by atoms with Gasteiger partial charge in [-0.25, -0.2) is 0 Å². The topological polar surface area (TPSA) is 26.7 Å². The minimum Gasteiger partial charge on any atom is -0.506 e. The molecule has 0 aliphatic carbocycles. The summed E-state index contributed by atoms with van der Waals surface area (Å²) in [6.45, 7) is 11.5. The molecule has 1 aromatic carbocycles. The predicted octanol–water partition coefficient (Wildman–Crippen LogP) is 3.62. The fraction of sp³-hybridized carbons (Fsp3) is 0.600. The van der Waals surface area contributed by atoms with Crippen LogP contribution in [0.4, 0.5) is 0 Å². The SMILES string of the molecule is CC(C)(C)N1CCN(Cc2cc(Cl)cc(Cl)c2O)CC1. The van der Waals surface area contributed by atoms with Crippen LogP contribution in [0.15, 0.2) is 12.1 Å². The van der Waals surface area contributed by atoms with Gasteiger partial charge in [-0.05, 0) is 32.9 Å². The van der Waals surface area contributed by atoms with E-state index in [4.69, 9.17) is 23.2 Å². The zero-order valence-corrected chi connectivity index (χ0v) is 13.8. The van der Waals surface area contributed by atoms with Gasteiger partial charge in [0.15, 0.2) is 0 Å². The molecular formula is C15H22Cl2N2O. The molecule has 1 N–H and O–H groups in total. The summed E-state index contributed by atoms with van der Waals surface area (Å²) in [6, 6.07) is 3.36. The van der Waals surface area contributed by atoms with Crippen LogP contribution in [-0.4, -0.2) is 46.6 Å². The normalized spacial score (nSPS) is 18.4. The van der Waals surface area contributed by atoms with E-state index in [1.165, 1.54) is 0 Å². The Kier molecular flexibility index (Phi) is 4.85. The Balaban J connectivity index is 2.00. The van der Waals surface area contributed by atoms with Crippen molar-refractivity contribution in [2.24, 2.45) is 0 Å². The lowest BCUT2D eigenvalue weighted by Gasteiger charge is -2.42. The molecule has 0 aromatic heterocycles. The zero-order valence-electron chi connectivity index (χ0n) is 12.3. The number of hydrogen-bond acceptors (Lipinski definition) is 3. The molecule has 1 aliphatic rings. The Labute approximate surface area is 131 Å². The second-order valence-electron chi connectivity index (χ2n) is 6.33. The van der Waals surface area contributed by atoms with Crippen LogP contribution in [0.3, 0.4) is 0 Å². The van der Waals surface area contributed by atoms with E-state index in [-0.39, 0.29) is 11.3 Å². The number of hydrogen-bond donors (Lipinski definition) is 1. The van der Waals surface area contributed by atoms with Crippen LogP contribution < -0.4 is 0 Å². The molecule has 0 spiro atoms. The lowest BCUT2D eigenvalue weighted by atomic mass is 10.0. The van der Waals surface area contributed by atoms with E-state index < -0.39 is 0 Å². The molecule has 5 heteroatoms. The Morgan fingerprint density at radius 3 is 2.25 bits per heavy atom. The molecule has 3 nitrogen and oxygen atoms in total. The van der Waals surface area contributed by atoms with Gasteiger partial charge >= 0.3 is 0 Å². The Bertz CT molecular complexity index is 477. The van der Waals surface area contributed by atoms with Crippen molar-refractivity contribution in [3.8, 4) is 5.75 Å². The van der Waals surface area contributed by atoms with Crippen molar-refractivity contribution in [1.82, 2.24) is 9.80 Å². The molecule has 20 heavy (non-hydrogen) atoms. The first-order chi connectivity index (χ1) is 9.27. The van der Waals surface area contributed by atoms with Crippen molar-refractivity contribution in [3.63, 3.8) is 0 Å². The van der Waals surface area contributed by atoms with Gasteiger partial charge < -0.3 is 5.11 Å². The number of nitrogens with zero attached hydrogens (tertiary/aromatic N) is 2. The van der Waals surface area contributed by atoms with E-state index in [1.807, 2.05) is 0 Å². The molecule has 2 rings (SSSR count). The summed E-state index contributed by atoms with van der Waals surface area (Å²) in [6.07, 6.45) is 0. The highest BCUT2D eigenvalue weighted by Crippen LogP contribution is 2.32. The monoisotopic (exact) mass is 316 g/mol. The van der Waals surface area contributed by atoms with Gasteiger partial charge in [0.1, 0.15) is 5.75 Å². The molecule has 0 atom stereocenters. The van der Waals surface area contributed by atoms with Crippen LogP contribution in [0.25, 0.3) is 0 Å². The van der Waals surface area contributed by atoms with Gasteiger partial charge in [0.2, 0.25) is 0 Å². The van der Waals surface area contributed by atoms with E-state index in [0.29, 0.717) is 16.6 Å². The molecule has 0 amide bonds. The maximum atomic E-state index is 10.0. The molecule has 1 heterocycles. The van der Waals surface area contributed by atoms with Crippen LogP contribution in [0.5, 0.6) is 5.75 Å². The van der Waals surface area contributed by atoms with Crippen molar-refractivity contribution in [3.05, 3.63) is 27.7 Å². The molecule has 1 aliphatic heterocycles. The highest BCUT2D eigenvalue weighted by Gasteiger charge is 2.26. The van der Waals surface area contributed by atoms with Crippen LogP contribution in [0.2, 0.25) is 10.0 Å². The second kappa shape index (κ2) is 6.10. The molecule has 1 fully saturated rings. The third-order valence-corrected chi connectivity index (χ3v) is 4.33. The zero-order chi connectivity index (χ0) is 14.9. The van der Waals surface area contributed by atoms with Gasteiger partial charge in [0.25, 0.3) is 0 Å². The number of phenolic OH excluding ortho intramolecular Hbond substituents is 1. The van der Waals surface area contributed by atoms with E-state index >= 15 is 0 Å². The van der Waals surface area contributed by atoms with Crippen molar-refractivity contribution < 1.29 is 5.11 Å². The lowest BCUT2D eigenvalue weighted by molar-refractivity contribution is 0.0588. The second-order valence-corrected chi connectivity index (χ2v) is 7.17. The van der Waals surface area contributed by atoms with Crippen molar-refractivity contribution in [2.45, 2.75) is 32.9 Å². The van der Waals surface area contributed by atoms with E-state index in [0.717, 1.165) is 31.7 Å². The molecule has 1 saturated heterocycles. The van der Waals surface area contributed by atoms with Crippen molar-refractivity contribution in [2.75, 3.05) is 26.2 Å². The van der Waals surface area contributed by atoms with Crippen LogP contribution in [0.1, 0.15) is 26.3 Å². The minimum atomic E-state index is 0.148. The van der Waals surface area contributed by atoms with Crippen LogP contribution in [0, 0.1) is 0 Å². The predicted molar refractivity (Wildman–Crippen MR) is 84.7 cm³/mol. The quantitative estimate of drug-likeness (QED) is 0.902. The van der Waals surface area contributed by atoms with Crippen molar-refractivity contribution >= 4 is 23.2 Å². The summed E-state index contributed by atoms with van der Waals surface area (Å²) in [5.41, 5.74) is 1.01. The molecule has 0 bridgehead atoms. The van der Waals surface area contributed by atoms with Gasteiger partial charge in [-0.15, -0.1) is 0 Å². The number of phenols is 1. The molecule has 0 radical (unpaired) electrons. The smallest absolute Gasteiger partial charge is 0.138 e. The summed E-state index contributed by atoms with van der Waals surface area (Å²) in [5.74, 6) is 0.148. The molecule has 0 unspecified atom stereocenters. The largest absolute Gasteiger partial charge is 0.506 e. The summed E-state index contributed by atoms with van der Waals surface area (Å²) in [7, 11) is 0. The average Bonchev–Trinajstić information content (AvgIpc) is 2.35. The molecule has 112 valence electrons. The Morgan fingerprint density at radius 2 is 1.70 bits per heavy atom. The number of aromatic hydroxyl groups is 1. The van der Waals surface area contributed by atoms with E-state index in [9.17, 15) is 5.11 Å². The first kappa shape index (κ1) is 15.9. The summed E-state index contributed by atoms with van der Waals surface area (Å²) in [5, 5.41) is 10.9. The van der Waals surface area contributed by atoms with Gasteiger partial charge in [-0.2, -0.15) is 0 Å². The highest BCUT2D eigenvalue weighted by molar-refractivity contribution is 6.35. The fourth-order valence-corrected chi connectivity index (χ4v) is 3.09. The Morgan fingerprint density at radius 1 is 1.10 bits per heavy atom. The third-order valence-electron chi connectivity index (χ3n) is 3.82. The van der Waals surface area contributed by atoms with Gasteiger partial charge in [0, 0.05) is 48.8 Å². The van der Waals surface area contributed by atoms with Crippen molar-refractivity contribution in [1.29, 1.82) is 0 Å². The molecule has 0 saturated carbocycles. The number of piperazine rings is 1. The maximum Gasteiger partial charge on any atom is 0.138 e. The third kappa shape index (κ3) is 3.79. The number of benzene rings is 1. The van der Waals surface area contributed by atoms with E-state index in [2.05, 4.69) is 30.6 Å². The molecule has 1 aromatic rings. The van der Waals surface area contributed by atoms with Gasteiger partial charge in [0.05, 0.1) is 5.02 Å².